The van der Waals surface area contributed by atoms with Crippen molar-refractivity contribution in [3.63, 3.8) is 0 Å². The van der Waals surface area contributed by atoms with Crippen LogP contribution in [0.25, 0.3) is 0 Å². The van der Waals surface area contributed by atoms with Crippen LogP contribution in [0.2, 0.25) is 0 Å². The van der Waals surface area contributed by atoms with E-state index < -0.39 is 0 Å². The molecule has 0 heterocycles. The first kappa shape index (κ1) is 28.3. The minimum atomic E-state index is -0.101. The summed E-state index contributed by atoms with van der Waals surface area (Å²) in [5, 5.41) is 2.71. The first-order valence-corrected chi connectivity index (χ1v) is 11.1. The predicted molar refractivity (Wildman–Crippen MR) is 121 cm³/mol. The lowest BCUT2D eigenvalue weighted by atomic mass is 10.3. The molecule has 0 atom stereocenters. The van der Waals surface area contributed by atoms with Crippen LogP contribution in [0.5, 0.6) is 5.75 Å². The van der Waals surface area contributed by atoms with Crippen molar-refractivity contribution < 1.29 is 38.0 Å². The largest absolute Gasteiger partial charge is 0.491 e. The molecule has 32 heavy (non-hydrogen) atoms. The second kappa shape index (κ2) is 19.9. The standard InChI is InChI=1S/C23H39NO8/c1-20(2)31-18-16-29-14-12-27-10-8-26-9-11-28-13-15-30-17-19-32-23-6-4-22(5-7-23)24-21(3)25/h4-7,20H,8-19H2,1-3H3,(H,24,25). The fraction of sp³-hybridized carbons (Fsp3) is 0.696. The summed E-state index contributed by atoms with van der Waals surface area (Å²) < 4.78 is 38.1. The van der Waals surface area contributed by atoms with Crippen molar-refractivity contribution in [2.24, 2.45) is 0 Å². The van der Waals surface area contributed by atoms with Gasteiger partial charge >= 0.3 is 0 Å². The quantitative estimate of drug-likeness (QED) is 0.282. The van der Waals surface area contributed by atoms with Gasteiger partial charge in [-0.2, -0.15) is 0 Å². The summed E-state index contributed by atoms with van der Waals surface area (Å²) in [6, 6.07) is 7.19. The van der Waals surface area contributed by atoms with Gasteiger partial charge in [-0.15, -0.1) is 0 Å². The maximum atomic E-state index is 11.0. The average molecular weight is 458 g/mol. The molecule has 0 bridgehead atoms. The van der Waals surface area contributed by atoms with E-state index in [-0.39, 0.29) is 12.0 Å². The fourth-order valence-electron chi connectivity index (χ4n) is 2.38. The van der Waals surface area contributed by atoms with Crippen molar-refractivity contribution in [3.8, 4) is 5.75 Å². The number of amides is 1. The highest BCUT2D eigenvalue weighted by Crippen LogP contribution is 2.15. The molecule has 9 nitrogen and oxygen atoms in total. The molecule has 0 aliphatic rings. The Morgan fingerprint density at radius 2 is 1.09 bits per heavy atom. The van der Waals surface area contributed by atoms with Crippen LogP contribution >= 0.6 is 0 Å². The van der Waals surface area contributed by atoms with Crippen molar-refractivity contribution in [2.75, 3.05) is 84.6 Å². The van der Waals surface area contributed by atoms with E-state index in [1.165, 1.54) is 6.92 Å². The fourth-order valence-corrected chi connectivity index (χ4v) is 2.38. The van der Waals surface area contributed by atoms with Gasteiger partial charge in [0.25, 0.3) is 0 Å². The van der Waals surface area contributed by atoms with Crippen LogP contribution in [0.3, 0.4) is 0 Å². The van der Waals surface area contributed by atoms with Gasteiger partial charge in [0.2, 0.25) is 5.91 Å². The molecule has 0 aromatic heterocycles. The van der Waals surface area contributed by atoms with Crippen molar-refractivity contribution >= 4 is 11.6 Å². The summed E-state index contributed by atoms with van der Waals surface area (Å²) in [7, 11) is 0. The van der Waals surface area contributed by atoms with Crippen LogP contribution in [0.1, 0.15) is 20.8 Å². The van der Waals surface area contributed by atoms with E-state index in [1.54, 1.807) is 24.3 Å². The molecule has 0 aliphatic heterocycles. The van der Waals surface area contributed by atoms with Crippen molar-refractivity contribution in [1.82, 2.24) is 0 Å². The molecular weight excluding hydrogens is 418 g/mol. The lowest BCUT2D eigenvalue weighted by Gasteiger charge is -2.09. The van der Waals surface area contributed by atoms with Gasteiger partial charge in [-0.3, -0.25) is 4.79 Å². The number of rotatable bonds is 21. The van der Waals surface area contributed by atoms with E-state index >= 15 is 0 Å². The minimum Gasteiger partial charge on any atom is -0.491 e. The number of hydrogen-bond donors (Lipinski definition) is 1. The third kappa shape index (κ3) is 17.9. The third-order valence-corrected chi connectivity index (χ3v) is 3.84. The lowest BCUT2D eigenvalue weighted by Crippen LogP contribution is -2.15. The zero-order chi connectivity index (χ0) is 23.3. The van der Waals surface area contributed by atoms with Crippen LogP contribution in [0.4, 0.5) is 5.69 Å². The molecule has 9 heteroatoms. The molecule has 1 amide bonds. The molecule has 0 spiro atoms. The van der Waals surface area contributed by atoms with Gasteiger partial charge in [-0.25, -0.2) is 0 Å². The zero-order valence-electron chi connectivity index (χ0n) is 19.6. The molecule has 0 saturated heterocycles. The summed E-state index contributed by atoms with van der Waals surface area (Å²) in [6.07, 6.45) is 0.233. The number of nitrogens with one attached hydrogen (secondary N) is 1. The first-order valence-electron chi connectivity index (χ1n) is 11.1. The van der Waals surface area contributed by atoms with Crippen molar-refractivity contribution in [3.05, 3.63) is 24.3 Å². The van der Waals surface area contributed by atoms with Gasteiger partial charge in [0.15, 0.2) is 0 Å². The number of carbonyl (C=O) groups is 1. The number of hydrogen-bond acceptors (Lipinski definition) is 8. The predicted octanol–water partition coefficient (Wildman–Crippen LogP) is 2.53. The SMILES string of the molecule is CC(=O)Nc1ccc(OCCOCCOCCOCCOCCOCCOC(C)C)cc1. The van der Waals surface area contributed by atoms with Gasteiger partial charge < -0.3 is 38.5 Å². The maximum absolute atomic E-state index is 11.0. The first-order chi connectivity index (χ1) is 15.6. The van der Waals surface area contributed by atoms with Crippen LogP contribution in [0.15, 0.2) is 24.3 Å². The summed E-state index contributed by atoms with van der Waals surface area (Å²) in [5.74, 6) is 0.624. The van der Waals surface area contributed by atoms with Gasteiger partial charge in [0.05, 0.1) is 78.8 Å². The van der Waals surface area contributed by atoms with Gasteiger partial charge in [0.1, 0.15) is 12.4 Å². The maximum Gasteiger partial charge on any atom is 0.221 e. The normalized spacial score (nSPS) is 11.1. The molecule has 0 fully saturated rings. The van der Waals surface area contributed by atoms with Crippen LogP contribution in [-0.4, -0.2) is 91.3 Å². The van der Waals surface area contributed by atoms with Gasteiger partial charge in [-0.1, -0.05) is 0 Å². The van der Waals surface area contributed by atoms with Crippen LogP contribution in [-0.2, 0) is 33.2 Å². The average Bonchev–Trinajstić information content (AvgIpc) is 2.76. The number of anilines is 1. The van der Waals surface area contributed by atoms with Crippen molar-refractivity contribution in [1.29, 1.82) is 0 Å². The Labute approximate surface area is 191 Å². The minimum absolute atomic E-state index is 0.101. The molecule has 1 rings (SSSR count). The van der Waals surface area contributed by atoms with E-state index in [0.717, 1.165) is 11.4 Å². The van der Waals surface area contributed by atoms with Gasteiger partial charge in [-0.05, 0) is 38.1 Å². The molecule has 0 saturated carbocycles. The monoisotopic (exact) mass is 457 g/mol. The highest BCUT2D eigenvalue weighted by Gasteiger charge is 1.98. The summed E-state index contributed by atoms with van der Waals surface area (Å²) in [6.45, 7) is 11.8. The molecule has 184 valence electrons. The van der Waals surface area contributed by atoms with E-state index in [4.69, 9.17) is 33.2 Å². The second-order valence-corrected chi connectivity index (χ2v) is 7.04. The van der Waals surface area contributed by atoms with Crippen LogP contribution in [0, 0.1) is 0 Å². The third-order valence-electron chi connectivity index (χ3n) is 3.84. The Balaban J connectivity index is 1.77. The Morgan fingerprint density at radius 1 is 0.688 bits per heavy atom. The molecule has 0 aliphatic carbocycles. The number of ether oxygens (including phenoxy) is 7. The topological polar surface area (TPSA) is 93.7 Å². The molecule has 0 radical (unpaired) electrons. The highest BCUT2D eigenvalue weighted by atomic mass is 16.6. The highest BCUT2D eigenvalue weighted by molar-refractivity contribution is 5.88. The Morgan fingerprint density at radius 3 is 1.50 bits per heavy atom. The van der Waals surface area contributed by atoms with E-state index in [1.807, 2.05) is 13.8 Å². The van der Waals surface area contributed by atoms with E-state index in [9.17, 15) is 4.79 Å². The lowest BCUT2D eigenvalue weighted by molar-refractivity contribution is -0.114. The second-order valence-electron chi connectivity index (χ2n) is 7.04. The summed E-state index contributed by atoms with van der Waals surface area (Å²) in [5.41, 5.74) is 0.739. The van der Waals surface area contributed by atoms with Gasteiger partial charge in [0, 0.05) is 12.6 Å². The molecule has 1 aromatic carbocycles. The van der Waals surface area contributed by atoms with E-state index in [0.29, 0.717) is 79.3 Å². The Hall–Kier alpha value is -1.75. The smallest absolute Gasteiger partial charge is 0.221 e. The number of benzene rings is 1. The summed E-state index contributed by atoms with van der Waals surface area (Å²) in [4.78, 5) is 11.0. The molecular formula is C23H39NO8. The zero-order valence-corrected chi connectivity index (χ0v) is 19.6. The Bertz CT molecular complexity index is 568. The Kier molecular flexibility index (Phi) is 17.6. The summed E-state index contributed by atoms with van der Waals surface area (Å²) >= 11 is 0. The van der Waals surface area contributed by atoms with Crippen molar-refractivity contribution in [2.45, 2.75) is 26.9 Å². The van der Waals surface area contributed by atoms with E-state index in [2.05, 4.69) is 5.32 Å². The van der Waals surface area contributed by atoms with Crippen LogP contribution < -0.4 is 10.1 Å². The number of carbonyl (C=O) groups excluding carboxylic acids is 1. The molecule has 1 aromatic rings. The molecule has 0 unspecified atom stereocenters. The molecule has 1 N–H and O–H groups in total.